The van der Waals surface area contributed by atoms with Gasteiger partial charge in [0.05, 0.1) is 19.3 Å². The van der Waals surface area contributed by atoms with E-state index in [1.54, 1.807) is 30.0 Å². The molecule has 0 bridgehead atoms. The first-order valence-electron chi connectivity index (χ1n) is 11.7. The van der Waals surface area contributed by atoms with Crippen LogP contribution in [0.3, 0.4) is 0 Å². The Kier molecular flexibility index (Phi) is 9.66. The summed E-state index contributed by atoms with van der Waals surface area (Å²) in [4.78, 5) is 40.9. The number of esters is 1. The second kappa shape index (κ2) is 12.9. The summed E-state index contributed by atoms with van der Waals surface area (Å²) in [5, 5.41) is 2.52. The average molecular weight is 490 g/mol. The number of furan rings is 1. The van der Waals surface area contributed by atoms with Gasteiger partial charge in [0.1, 0.15) is 30.4 Å². The van der Waals surface area contributed by atoms with Gasteiger partial charge in [-0.1, -0.05) is 12.1 Å². The number of ether oxygens (including phenoxy) is 2. The summed E-state index contributed by atoms with van der Waals surface area (Å²) < 4.78 is 29.5. The second-order valence-corrected chi connectivity index (χ2v) is 8.37. The Morgan fingerprint density at radius 2 is 1.89 bits per heavy atom. The Bertz CT molecular complexity index is 987. The molecule has 1 N–H and O–H groups in total. The van der Waals surface area contributed by atoms with Crippen molar-refractivity contribution in [2.75, 3.05) is 32.8 Å². The highest BCUT2D eigenvalue weighted by Gasteiger charge is 2.27. The number of urea groups is 1. The van der Waals surface area contributed by atoms with Crippen LogP contribution in [0.2, 0.25) is 0 Å². The fourth-order valence-corrected chi connectivity index (χ4v) is 3.79. The Labute approximate surface area is 204 Å². The van der Waals surface area contributed by atoms with Crippen molar-refractivity contribution in [1.29, 1.82) is 0 Å². The normalized spacial score (nSPS) is 15.0. The molecule has 0 saturated carbocycles. The van der Waals surface area contributed by atoms with Crippen molar-refractivity contribution in [2.24, 2.45) is 0 Å². The monoisotopic (exact) mass is 489 g/mol. The number of carbonyl (C=O) groups excluding carboxylic acids is 3. The molecule has 2 aromatic rings. The lowest BCUT2D eigenvalue weighted by Crippen LogP contribution is -2.50. The second-order valence-electron chi connectivity index (χ2n) is 8.37. The van der Waals surface area contributed by atoms with Gasteiger partial charge in [-0.15, -0.1) is 0 Å². The topological polar surface area (TPSA) is 101 Å². The maximum atomic E-state index is 13.4. The standard InChI is InChI=1S/C25H32FN3O6/c1-3-33-24(31)13-27-25(32)29(15-21-5-4-12-34-21)17-23(30)28(16-22-11-6-18(2)35-22)14-19-7-9-20(26)10-8-19/h6-11,21H,3-5,12-17H2,1-2H3,(H,27,32). The molecule has 1 aromatic carbocycles. The summed E-state index contributed by atoms with van der Waals surface area (Å²) in [5.41, 5.74) is 0.737. The molecule has 1 unspecified atom stereocenters. The predicted octanol–water partition coefficient (Wildman–Crippen LogP) is 3.01. The fraction of sp³-hybridized carbons (Fsp3) is 0.480. The lowest BCUT2D eigenvalue weighted by molar-refractivity contribution is -0.141. The van der Waals surface area contributed by atoms with Gasteiger partial charge in [0.2, 0.25) is 5.91 Å². The van der Waals surface area contributed by atoms with Crippen molar-refractivity contribution in [3.8, 4) is 0 Å². The van der Waals surface area contributed by atoms with E-state index < -0.39 is 12.0 Å². The summed E-state index contributed by atoms with van der Waals surface area (Å²) in [7, 11) is 0. The van der Waals surface area contributed by atoms with Crippen molar-refractivity contribution in [1.82, 2.24) is 15.1 Å². The first-order valence-corrected chi connectivity index (χ1v) is 11.7. The molecule has 0 spiro atoms. The Morgan fingerprint density at radius 1 is 1.11 bits per heavy atom. The third-order valence-electron chi connectivity index (χ3n) is 5.53. The molecule has 35 heavy (non-hydrogen) atoms. The minimum Gasteiger partial charge on any atom is -0.465 e. The number of nitrogens with one attached hydrogen (secondary N) is 1. The van der Waals surface area contributed by atoms with E-state index in [1.807, 2.05) is 13.0 Å². The van der Waals surface area contributed by atoms with Crippen LogP contribution in [0.25, 0.3) is 0 Å². The first-order chi connectivity index (χ1) is 16.8. The van der Waals surface area contributed by atoms with Gasteiger partial charge >= 0.3 is 12.0 Å². The van der Waals surface area contributed by atoms with Crippen LogP contribution in [0.5, 0.6) is 0 Å². The van der Waals surface area contributed by atoms with Crippen molar-refractivity contribution in [3.05, 3.63) is 59.3 Å². The number of carbonyl (C=O) groups is 3. The minimum absolute atomic E-state index is 0.183. The Balaban J connectivity index is 1.73. The molecule has 1 aromatic heterocycles. The average Bonchev–Trinajstić information content (AvgIpc) is 3.49. The van der Waals surface area contributed by atoms with Crippen molar-refractivity contribution in [3.63, 3.8) is 0 Å². The highest BCUT2D eigenvalue weighted by molar-refractivity contribution is 5.86. The zero-order valence-corrected chi connectivity index (χ0v) is 20.1. The Hall–Kier alpha value is -3.40. The van der Waals surface area contributed by atoms with Crippen LogP contribution in [0.15, 0.2) is 40.8 Å². The number of rotatable bonds is 11. The van der Waals surface area contributed by atoms with E-state index in [0.717, 1.165) is 18.4 Å². The SMILES string of the molecule is CCOC(=O)CNC(=O)N(CC(=O)N(Cc1ccc(F)cc1)Cc1ccc(C)o1)CC1CCCO1. The van der Waals surface area contributed by atoms with Crippen LogP contribution in [-0.4, -0.2) is 66.7 Å². The van der Waals surface area contributed by atoms with Gasteiger partial charge in [0.25, 0.3) is 0 Å². The molecule has 3 amide bonds. The first kappa shape index (κ1) is 26.2. The van der Waals surface area contributed by atoms with Gasteiger partial charge < -0.3 is 29.0 Å². The van der Waals surface area contributed by atoms with E-state index in [0.29, 0.717) is 18.1 Å². The summed E-state index contributed by atoms with van der Waals surface area (Å²) in [6, 6.07) is 8.93. The highest BCUT2D eigenvalue weighted by atomic mass is 19.1. The molecule has 0 aliphatic carbocycles. The molecular weight excluding hydrogens is 457 g/mol. The molecule has 1 saturated heterocycles. The van der Waals surface area contributed by atoms with Gasteiger partial charge in [-0.05, 0) is 56.5 Å². The highest BCUT2D eigenvalue weighted by Crippen LogP contribution is 2.16. The van der Waals surface area contributed by atoms with E-state index >= 15 is 0 Å². The summed E-state index contributed by atoms with van der Waals surface area (Å²) in [6.45, 7) is 4.38. The van der Waals surface area contributed by atoms with E-state index in [2.05, 4.69) is 5.32 Å². The quantitative estimate of drug-likeness (QED) is 0.487. The van der Waals surface area contributed by atoms with Crippen molar-refractivity contribution in [2.45, 2.75) is 45.9 Å². The molecule has 0 radical (unpaired) electrons. The van der Waals surface area contributed by atoms with Gasteiger partial charge in [0.15, 0.2) is 0 Å². The summed E-state index contributed by atoms with van der Waals surface area (Å²) in [5.74, 6) is 0.0558. The largest absolute Gasteiger partial charge is 0.465 e. The number of halogens is 1. The van der Waals surface area contributed by atoms with Gasteiger partial charge in [-0.2, -0.15) is 0 Å². The molecule has 1 atom stereocenters. The molecule has 9 nitrogen and oxygen atoms in total. The molecule has 10 heteroatoms. The molecular formula is C25H32FN3O6. The van der Waals surface area contributed by atoms with Crippen LogP contribution in [-0.2, 0) is 32.2 Å². The number of benzene rings is 1. The lowest BCUT2D eigenvalue weighted by Gasteiger charge is -2.29. The Morgan fingerprint density at radius 3 is 2.51 bits per heavy atom. The zero-order chi connectivity index (χ0) is 25.2. The maximum absolute atomic E-state index is 13.4. The summed E-state index contributed by atoms with van der Waals surface area (Å²) >= 11 is 0. The molecule has 2 heterocycles. The lowest BCUT2D eigenvalue weighted by atomic mass is 10.2. The third kappa shape index (κ3) is 8.40. The van der Waals surface area contributed by atoms with Gasteiger partial charge in [-0.3, -0.25) is 9.59 Å². The fourth-order valence-electron chi connectivity index (χ4n) is 3.79. The molecule has 1 aliphatic heterocycles. The smallest absolute Gasteiger partial charge is 0.325 e. The predicted molar refractivity (Wildman–Crippen MR) is 125 cm³/mol. The van der Waals surface area contributed by atoms with Crippen LogP contribution in [0.1, 0.15) is 36.8 Å². The van der Waals surface area contributed by atoms with Crippen LogP contribution in [0.4, 0.5) is 9.18 Å². The van der Waals surface area contributed by atoms with E-state index in [9.17, 15) is 18.8 Å². The van der Waals surface area contributed by atoms with Crippen LogP contribution < -0.4 is 5.32 Å². The molecule has 3 rings (SSSR count). The number of hydrogen-bond acceptors (Lipinski definition) is 6. The van der Waals surface area contributed by atoms with Crippen LogP contribution in [0, 0.1) is 12.7 Å². The number of amides is 3. The van der Waals surface area contributed by atoms with Crippen molar-refractivity contribution >= 4 is 17.9 Å². The molecule has 190 valence electrons. The third-order valence-corrected chi connectivity index (χ3v) is 5.53. The summed E-state index contributed by atoms with van der Waals surface area (Å²) in [6.07, 6.45) is 1.47. The molecule has 1 aliphatic rings. The van der Waals surface area contributed by atoms with Gasteiger partial charge in [-0.25, -0.2) is 9.18 Å². The minimum atomic E-state index is -0.560. The number of hydrogen-bond donors (Lipinski definition) is 1. The zero-order valence-electron chi connectivity index (χ0n) is 20.1. The van der Waals surface area contributed by atoms with Crippen LogP contribution >= 0.6 is 0 Å². The number of aryl methyl sites for hydroxylation is 1. The van der Waals surface area contributed by atoms with E-state index in [4.69, 9.17) is 13.9 Å². The molecule has 1 fully saturated rings. The van der Waals surface area contributed by atoms with Gasteiger partial charge in [0, 0.05) is 19.7 Å². The maximum Gasteiger partial charge on any atom is 0.325 e. The van der Waals surface area contributed by atoms with E-state index in [1.165, 1.54) is 17.0 Å². The van der Waals surface area contributed by atoms with E-state index in [-0.39, 0.29) is 57.2 Å². The number of nitrogens with zero attached hydrogens (tertiary/aromatic N) is 2. The van der Waals surface area contributed by atoms with Crippen molar-refractivity contribution < 1.29 is 32.7 Å².